The maximum absolute atomic E-state index is 12.4. The van der Waals surface area contributed by atoms with E-state index in [-0.39, 0.29) is 24.2 Å². The van der Waals surface area contributed by atoms with Gasteiger partial charge in [-0.25, -0.2) is 9.59 Å². The van der Waals surface area contributed by atoms with Crippen molar-refractivity contribution in [2.45, 2.75) is 31.2 Å². The molecule has 2 aromatic carbocycles. The number of rotatable bonds is 8. The molecule has 1 saturated heterocycles. The number of ether oxygens (including phenoxy) is 1. The number of thioether (sulfide) groups is 1. The van der Waals surface area contributed by atoms with Crippen molar-refractivity contribution in [2.75, 3.05) is 31.2 Å². The third-order valence-corrected chi connectivity index (χ3v) is 7.43. The predicted molar refractivity (Wildman–Crippen MR) is 127 cm³/mol. The van der Waals surface area contributed by atoms with E-state index >= 15 is 0 Å². The number of amides is 2. The SMILES string of the molecule is CC1(C(=O)O)CCCN1C(=O)CSCCNC(=O)OCC1c2ccccc2-c2ccccc21. The normalized spacial score (nSPS) is 19.1. The molecule has 0 bridgehead atoms. The third kappa shape index (κ3) is 4.71. The number of nitrogens with zero attached hydrogens (tertiary/aromatic N) is 1. The van der Waals surface area contributed by atoms with Gasteiger partial charge < -0.3 is 20.1 Å². The van der Waals surface area contributed by atoms with Gasteiger partial charge in [-0.1, -0.05) is 48.5 Å². The number of fused-ring (bicyclic) bond motifs is 3. The van der Waals surface area contributed by atoms with E-state index in [4.69, 9.17) is 4.74 Å². The number of carbonyl (C=O) groups is 3. The van der Waals surface area contributed by atoms with Gasteiger partial charge in [0.1, 0.15) is 12.1 Å². The topological polar surface area (TPSA) is 95.9 Å². The first kappa shape index (κ1) is 23.2. The number of carboxylic acids is 1. The zero-order valence-electron chi connectivity index (χ0n) is 18.6. The number of likely N-dealkylation sites (tertiary alicyclic amines) is 1. The minimum absolute atomic E-state index is 0.0131. The standard InChI is InChI=1S/C25H28N2O5S/c1-25(23(29)30)11-6-13-27(25)22(28)16-33-14-12-26-24(31)32-15-21-19-9-4-2-7-17(19)18-8-3-5-10-20(18)21/h2-5,7-10,21H,6,11-16H2,1H3,(H,26,31)(H,29,30). The summed E-state index contributed by atoms with van der Waals surface area (Å²) in [6.07, 6.45) is 0.687. The summed E-state index contributed by atoms with van der Waals surface area (Å²) in [5, 5.41) is 12.2. The maximum Gasteiger partial charge on any atom is 0.407 e. The highest BCUT2D eigenvalue weighted by molar-refractivity contribution is 7.99. The summed E-state index contributed by atoms with van der Waals surface area (Å²) in [5.41, 5.74) is 3.57. The maximum atomic E-state index is 12.4. The molecule has 1 heterocycles. The lowest BCUT2D eigenvalue weighted by Gasteiger charge is -2.31. The Morgan fingerprint density at radius 3 is 2.39 bits per heavy atom. The molecule has 0 saturated carbocycles. The van der Waals surface area contributed by atoms with Gasteiger partial charge in [0.25, 0.3) is 0 Å². The Kier molecular flexibility index (Phi) is 6.93. The molecular formula is C25H28N2O5S. The molecule has 2 N–H and O–H groups in total. The van der Waals surface area contributed by atoms with Crippen LogP contribution in [0.1, 0.15) is 36.8 Å². The number of nitrogens with one attached hydrogen (secondary N) is 1. The van der Waals surface area contributed by atoms with E-state index in [1.54, 1.807) is 6.92 Å². The lowest BCUT2D eigenvalue weighted by Crippen LogP contribution is -2.51. The summed E-state index contributed by atoms with van der Waals surface area (Å²) in [5.74, 6) is -0.402. The minimum atomic E-state index is -1.11. The molecular weight excluding hydrogens is 440 g/mol. The van der Waals surface area contributed by atoms with E-state index in [1.165, 1.54) is 27.8 Å². The average molecular weight is 469 g/mol. The van der Waals surface area contributed by atoms with Crippen LogP contribution in [0.4, 0.5) is 4.79 Å². The second-order valence-corrected chi connectivity index (χ2v) is 9.64. The van der Waals surface area contributed by atoms with E-state index in [9.17, 15) is 19.5 Å². The largest absolute Gasteiger partial charge is 0.480 e. The van der Waals surface area contributed by atoms with Crippen LogP contribution < -0.4 is 5.32 Å². The Balaban J connectivity index is 1.20. The summed E-state index contributed by atoms with van der Waals surface area (Å²) in [7, 11) is 0. The summed E-state index contributed by atoms with van der Waals surface area (Å²) < 4.78 is 5.50. The fourth-order valence-electron chi connectivity index (χ4n) is 4.70. The summed E-state index contributed by atoms with van der Waals surface area (Å²) in [4.78, 5) is 37.6. The van der Waals surface area contributed by atoms with Crippen LogP contribution >= 0.6 is 11.8 Å². The molecule has 0 spiro atoms. The molecule has 2 aromatic rings. The number of carbonyl (C=O) groups excluding carboxylic acids is 2. The molecule has 1 aliphatic carbocycles. The number of carboxylic acid groups (broad SMARTS) is 1. The van der Waals surface area contributed by atoms with Crippen molar-refractivity contribution in [3.63, 3.8) is 0 Å². The third-order valence-electron chi connectivity index (χ3n) is 6.49. The first-order chi connectivity index (χ1) is 15.9. The highest BCUT2D eigenvalue weighted by Gasteiger charge is 2.45. The fourth-order valence-corrected chi connectivity index (χ4v) is 5.42. The van der Waals surface area contributed by atoms with Crippen molar-refractivity contribution in [2.24, 2.45) is 0 Å². The van der Waals surface area contributed by atoms with Gasteiger partial charge in [0, 0.05) is 24.8 Å². The quantitative estimate of drug-likeness (QED) is 0.573. The molecule has 0 aromatic heterocycles. The van der Waals surface area contributed by atoms with Gasteiger partial charge in [-0.3, -0.25) is 4.79 Å². The van der Waals surface area contributed by atoms with Crippen molar-refractivity contribution in [1.29, 1.82) is 0 Å². The first-order valence-corrected chi connectivity index (χ1v) is 12.3. The van der Waals surface area contributed by atoms with Gasteiger partial charge in [0.15, 0.2) is 0 Å². The van der Waals surface area contributed by atoms with Crippen LogP contribution in [0.25, 0.3) is 11.1 Å². The van der Waals surface area contributed by atoms with Gasteiger partial charge in [-0.15, -0.1) is 0 Å². The van der Waals surface area contributed by atoms with Gasteiger partial charge >= 0.3 is 12.1 Å². The van der Waals surface area contributed by atoms with Crippen LogP contribution in [0.5, 0.6) is 0 Å². The van der Waals surface area contributed by atoms with Crippen molar-refractivity contribution >= 4 is 29.7 Å². The molecule has 7 nitrogen and oxygen atoms in total. The molecule has 33 heavy (non-hydrogen) atoms. The van der Waals surface area contributed by atoms with E-state index in [1.807, 2.05) is 24.3 Å². The van der Waals surface area contributed by atoms with Gasteiger partial charge in [-0.2, -0.15) is 11.8 Å². The molecule has 0 radical (unpaired) electrons. The van der Waals surface area contributed by atoms with E-state index < -0.39 is 17.6 Å². The van der Waals surface area contributed by atoms with E-state index in [0.29, 0.717) is 31.7 Å². The minimum Gasteiger partial charge on any atom is -0.480 e. The number of hydrogen-bond acceptors (Lipinski definition) is 5. The van der Waals surface area contributed by atoms with Crippen LogP contribution in [-0.2, 0) is 14.3 Å². The highest BCUT2D eigenvalue weighted by Crippen LogP contribution is 2.44. The second kappa shape index (κ2) is 9.87. The summed E-state index contributed by atoms with van der Waals surface area (Å²) in [6.45, 7) is 2.70. The molecule has 1 atom stereocenters. The van der Waals surface area contributed by atoms with Crippen LogP contribution in [0, 0.1) is 0 Å². The summed E-state index contributed by atoms with van der Waals surface area (Å²) >= 11 is 1.37. The van der Waals surface area contributed by atoms with Crippen molar-refractivity contribution in [1.82, 2.24) is 10.2 Å². The number of alkyl carbamates (subject to hydrolysis) is 1. The lowest BCUT2D eigenvalue weighted by atomic mass is 9.98. The molecule has 4 rings (SSSR count). The Hall–Kier alpha value is -3.00. The van der Waals surface area contributed by atoms with Crippen molar-refractivity contribution < 1.29 is 24.2 Å². The Labute approximate surface area is 197 Å². The molecule has 2 amide bonds. The molecule has 1 fully saturated rings. The van der Waals surface area contributed by atoms with Crippen molar-refractivity contribution in [3.05, 3.63) is 59.7 Å². The predicted octanol–water partition coefficient (Wildman–Crippen LogP) is 3.72. The molecule has 1 aliphatic heterocycles. The number of aliphatic carboxylic acids is 1. The second-order valence-electron chi connectivity index (χ2n) is 8.53. The zero-order chi connectivity index (χ0) is 23.4. The highest BCUT2D eigenvalue weighted by atomic mass is 32.2. The molecule has 8 heteroatoms. The summed E-state index contributed by atoms with van der Waals surface area (Å²) in [6, 6.07) is 16.4. The van der Waals surface area contributed by atoms with Crippen LogP contribution in [0.2, 0.25) is 0 Å². The monoisotopic (exact) mass is 468 g/mol. The molecule has 2 aliphatic rings. The van der Waals surface area contributed by atoms with Crippen LogP contribution in [0.3, 0.4) is 0 Å². The van der Waals surface area contributed by atoms with E-state index in [0.717, 1.165) is 11.1 Å². The average Bonchev–Trinajstić information content (AvgIpc) is 3.36. The zero-order valence-corrected chi connectivity index (χ0v) is 19.4. The van der Waals surface area contributed by atoms with Crippen molar-refractivity contribution in [3.8, 4) is 11.1 Å². The van der Waals surface area contributed by atoms with E-state index in [2.05, 4.69) is 29.6 Å². The Bertz CT molecular complexity index is 1010. The van der Waals surface area contributed by atoms with Gasteiger partial charge in [-0.05, 0) is 42.0 Å². The smallest absolute Gasteiger partial charge is 0.407 e. The van der Waals surface area contributed by atoms with Gasteiger partial charge in [0.05, 0.1) is 5.75 Å². The lowest BCUT2D eigenvalue weighted by molar-refractivity contribution is -0.154. The molecule has 1 unspecified atom stereocenters. The number of benzene rings is 2. The molecule has 174 valence electrons. The van der Waals surface area contributed by atoms with Crippen LogP contribution in [-0.4, -0.2) is 64.7 Å². The van der Waals surface area contributed by atoms with Gasteiger partial charge in [0.2, 0.25) is 5.91 Å². The Morgan fingerprint density at radius 1 is 1.12 bits per heavy atom. The first-order valence-electron chi connectivity index (χ1n) is 11.1. The number of hydrogen-bond donors (Lipinski definition) is 2. The fraction of sp³-hybridized carbons (Fsp3) is 0.400. The Morgan fingerprint density at radius 2 is 1.76 bits per heavy atom. The van der Waals surface area contributed by atoms with Crippen LogP contribution in [0.15, 0.2) is 48.5 Å².